The third-order valence-electron chi connectivity index (χ3n) is 4.53. The first-order chi connectivity index (χ1) is 15.8. The second-order valence-corrected chi connectivity index (χ2v) is 8.47. The molecule has 2 heterocycles. The Morgan fingerprint density at radius 3 is 2.48 bits per heavy atom. The van der Waals surface area contributed by atoms with E-state index in [0.29, 0.717) is 11.1 Å². The van der Waals surface area contributed by atoms with Gasteiger partial charge in [0, 0.05) is 23.8 Å². The van der Waals surface area contributed by atoms with Crippen molar-refractivity contribution in [3.63, 3.8) is 0 Å². The van der Waals surface area contributed by atoms with E-state index >= 15 is 0 Å². The van der Waals surface area contributed by atoms with Gasteiger partial charge < -0.3 is 19.9 Å². The molecule has 33 heavy (non-hydrogen) atoms. The fourth-order valence-electron chi connectivity index (χ4n) is 3.19. The van der Waals surface area contributed by atoms with E-state index in [1.54, 1.807) is 30.3 Å². The number of thioether (sulfide) groups is 1. The summed E-state index contributed by atoms with van der Waals surface area (Å²) in [6.07, 6.45) is -1.24. The van der Waals surface area contributed by atoms with Crippen molar-refractivity contribution in [3.8, 4) is 0 Å². The second-order valence-electron chi connectivity index (χ2n) is 6.56. The summed E-state index contributed by atoms with van der Waals surface area (Å²) in [6, 6.07) is 7.30. The van der Waals surface area contributed by atoms with Crippen LogP contribution in [0, 0.1) is 0 Å². The first kappa shape index (κ1) is 26.5. The first-order valence-corrected chi connectivity index (χ1v) is 11.5. The summed E-state index contributed by atoms with van der Waals surface area (Å²) >= 11 is 10.8. The lowest BCUT2D eigenvalue weighted by Gasteiger charge is -2.49. The van der Waals surface area contributed by atoms with Gasteiger partial charge in [0.25, 0.3) is 18.3 Å². The SMILES string of the molecule is CC(=O)OCC1=C(C(=O)O)N2C(=O)[C@@H](NC(=O)C(OC=O)c3ccccc3)[C@H]2SC1.ClCCl. The van der Waals surface area contributed by atoms with Crippen LogP contribution in [0.1, 0.15) is 18.6 Å². The quantitative estimate of drug-likeness (QED) is 0.227. The fourth-order valence-corrected chi connectivity index (χ4v) is 4.51. The van der Waals surface area contributed by atoms with Gasteiger partial charge in [-0.3, -0.25) is 24.1 Å². The number of ether oxygens (including phenoxy) is 2. The van der Waals surface area contributed by atoms with Crippen LogP contribution in [0.2, 0.25) is 0 Å². The predicted octanol–water partition coefficient (Wildman–Crippen LogP) is 1.62. The molecule has 178 valence electrons. The summed E-state index contributed by atoms with van der Waals surface area (Å²) in [5.74, 6) is -2.99. The molecule has 0 aromatic heterocycles. The van der Waals surface area contributed by atoms with Crippen molar-refractivity contribution in [2.45, 2.75) is 24.4 Å². The number of fused-ring (bicyclic) bond motifs is 1. The van der Waals surface area contributed by atoms with Gasteiger partial charge in [-0.25, -0.2) is 4.79 Å². The average molecular weight is 519 g/mol. The van der Waals surface area contributed by atoms with Gasteiger partial charge in [0.05, 0.1) is 5.34 Å². The molecule has 2 amide bonds. The minimum Gasteiger partial charge on any atom is -0.477 e. The van der Waals surface area contributed by atoms with E-state index in [2.05, 4.69) is 5.32 Å². The summed E-state index contributed by atoms with van der Waals surface area (Å²) in [5, 5.41) is 11.6. The molecule has 1 saturated heterocycles. The number of rotatable bonds is 8. The van der Waals surface area contributed by atoms with Gasteiger partial charge in [0.1, 0.15) is 23.7 Å². The number of amides is 2. The lowest BCUT2D eigenvalue weighted by Crippen LogP contribution is -2.71. The Kier molecular flexibility index (Phi) is 10.0. The third-order valence-corrected chi connectivity index (χ3v) is 5.87. The van der Waals surface area contributed by atoms with E-state index < -0.39 is 41.3 Å². The summed E-state index contributed by atoms with van der Waals surface area (Å²) < 4.78 is 9.76. The van der Waals surface area contributed by atoms with Crippen LogP contribution >= 0.6 is 35.0 Å². The number of nitrogens with one attached hydrogen (secondary N) is 1. The van der Waals surface area contributed by atoms with Gasteiger partial charge in [-0.15, -0.1) is 35.0 Å². The first-order valence-electron chi connectivity index (χ1n) is 9.36. The van der Waals surface area contributed by atoms with E-state index in [1.165, 1.54) is 18.7 Å². The summed E-state index contributed by atoms with van der Waals surface area (Å²) in [5.41, 5.74) is 0.472. The fraction of sp³-hybridized carbons (Fsp3) is 0.350. The molecule has 0 aliphatic carbocycles. The Balaban J connectivity index is 0.00000122. The number of β-lactam (4-membered cyclic amide) rings is 1. The number of benzene rings is 1. The molecule has 1 unspecified atom stereocenters. The maximum absolute atomic E-state index is 12.7. The van der Waals surface area contributed by atoms with Crippen molar-refractivity contribution < 1.29 is 38.6 Å². The Morgan fingerprint density at radius 2 is 1.94 bits per heavy atom. The van der Waals surface area contributed by atoms with Gasteiger partial charge in [0.2, 0.25) is 6.10 Å². The maximum atomic E-state index is 12.7. The summed E-state index contributed by atoms with van der Waals surface area (Å²) in [4.78, 5) is 59.9. The summed E-state index contributed by atoms with van der Waals surface area (Å²) in [7, 11) is 0. The molecule has 2 aliphatic rings. The van der Waals surface area contributed by atoms with Crippen LogP contribution in [-0.4, -0.2) is 69.3 Å². The number of hydrogen-bond acceptors (Lipinski definition) is 8. The van der Waals surface area contributed by atoms with Crippen LogP contribution in [0.4, 0.5) is 0 Å². The van der Waals surface area contributed by atoms with Crippen molar-refractivity contribution in [1.82, 2.24) is 10.2 Å². The minimum absolute atomic E-state index is 0.147. The van der Waals surface area contributed by atoms with Crippen molar-refractivity contribution in [1.29, 1.82) is 0 Å². The monoisotopic (exact) mass is 518 g/mol. The molecule has 0 saturated carbocycles. The molecular weight excluding hydrogens is 499 g/mol. The number of halogens is 2. The highest BCUT2D eigenvalue weighted by atomic mass is 35.5. The number of carboxylic acids is 1. The van der Waals surface area contributed by atoms with Crippen molar-refractivity contribution in [2.75, 3.05) is 17.7 Å². The number of carbonyl (C=O) groups excluding carboxylic acids is 4. The molecule has 3 rings (SSSR count). The number of esters is 1. The van der Waals surface area contributed by atoms with E-state index in [1.807, 2.05) is 0 Å². The topological polar surface area (TPSA) is 139 Å². The number of nitrogens with zero attached hydrogens (tertiary/aromatic N) is 1. The molecule has 13 heteroatoms. The van der Waals surface area contributed by atoms with Crippen molar-refractivity contribution >= 4 is 65.2 Å². The molecule has 0 radical (unpaired) electrons. The van der Waals surface area contributed by atoms with Crippen LogP contribution < -0.4 is 5.32 Å². The molecule has 1 aromatic carbocycles. The second kappa shape index (κ2) is 12.5. The molecule has 1 aromatic rings. The van der Waals surface area contributed by atoms with Crippen LogP contribution in [0.5, 0.6) is 0 Å². The zero-order chi connectivity index (χ0) is 24.5. The number of carboxylic acid groups (broad SMARTS) is 1. The van der Waals surface area contributed by atoms with Crippen molar-refractivity contribution in [2.24, 2.45) is 0 Å². The highest BCUT2D eigenvalue weighted by Gasteiger charge is 2.54. The third kappa shape index (κ3) is 6.40. The van der Waals surface area contributed by atoms with Crippen LogP contribution in [0.15, 0.2) is 41.6 Å². The number of alkyl halides is 2. The minimum atomic E-state index is -1.33. The Labute approximate surface area is 203 Å². The maximum Gasteiger partial charge on any atom is 0.352 e. The molecule has 0 bridgehead atoms. The zero-order valence-corrected chi connectivity index (χ0v) is 19.6. The Morgan fingerprint density at radius 1 is 1.30 bits per heavy atom. The van der Waals surface area contributed by atoms with E-state index in [4.69, 9.17) is 32.7 Å². The van der Waals surface area contributed by atoms with Gasteiger partial charge >= 0.3 is 11.9 Å². The number of hydrogen-bond donors (Lipinski definition) is 2. The molecule has 0 spiro atoms. The van der Waals surface area contributed by atoms with Gasteiger partial charge in [-0.1, -0.05) is 30.3 Å². The molecule has 10 nitrogen and oxygen atoms in total. The van der Waals surface area contributed by atoms with Gasteiger partial charge in [-0.05, 0) is 0 Å². The average Bonchev–Trinajstić information content (AvgIpc) is 2.79. The van der Waals surface area contributed by atoms with Crippen molar-refractivity contribution in [3.05, 3.63) is 47.2 Å². The molecule has 2 aliphatic heterocycles. The van der Waals surface area contributed by atoms with Gasteiger partial charge in [-0.2, -0.15) is 0 Å². The lowest BCUT2D eigenvalue weighted by atomic mass is 10.0. The van der Waals surface area contributed by atoms with E-state index in [9.17, 15) is 29.1 Å². The predicted molar refractivity (Wildman–Crippen MR) is 119 cm³/mol. The number of carbonyl (C=O) groups is 5. The Bertz CT molecular complexity index is 943. The van der Waals surface area contributed by atoms with Gasteiger partial charge in [0.15, 0.2) is 0 Å². The highest BCUT2D eigenvalue weighted by Crippen LogP contribution is 2.40. The number of aliphatic carboxylic acids is 1. The smallest absolute Gasteiger partial charge is 0.352 e. The Hall–Kier alpha value is -2.76. The molecule has 1 fully saturated rings. The normalized spacial score (nSPS) is 19.7. The highest BCUT2D eigenvalue weighted by molar-refractivity contribution is 8.00. The van der Waals surface area contributed by atoms with Crippen LogP contribution in [0.25, 0.3) is 0 Å². The largest absolute Gasteiger partial charge is 0.477 e. The summed E-state index contributed by atoms with van der Waals surface area (Å²) in [6.45, 7) is 1.11. The molecule has 2 N–H and O–H groups in total. The molecular formula is C20H20Cl2N2O8S. The standard InChI is InChI=1S/C19H18N2O8S.CH2Cl2/c1-10(23)28-7-12-8-30-18-13(17(25)21(18)14(12)19(26)27)20-16(24)15(29-9-22)11-5-3-2-4-6-11;2-1-3/h2-6,9,13,15,18H,7-8H2,1H3,(H,20,24)(H,26,27);1H2/t13-,15?,18-;/m1./s1. The molecule has 3 atom stereocenters. The van der Waals surface area contributed by atoms with Crippen LogP contribution in [-0.2, 0) is 33.4 Å². The van der Waals surface area contributed by atoms with Crippen LogP contribution in [0.3, 0.4) is 0 Å². The van der Waals surface area contributed by atoms with E-state index in [-0.39, 0.29) is 29.9 Å². The zero-order valence-electron chi connectivity index (χ0n) is 17.2. The van der Waals surface area contributed by atoms with E-state index in [0.717, 1.165) is 4.90 Å². The lowest BCUT2D eigenvalue weighted by molar-refractivity contribution is -0.154.